The van der Waals surface area contributed by atoms with Crippen molar-refractivity contribution >= 4 is 26.8 Å². The number of aromatic nitrogens is 3. The second-order valence-electron chi connectivity index (χ2n) is 6.59. The topological polar surface area (TPSA) is 69.1 Å². The molecule has 0 aliphatic carbocycles. The van der Waals surface area contributed by atoms with E-state index in [2.05, 4.69) is 26.0 Å². The summed E-state index contributed by atoms with van der Waals surface area (Å²) < 4.78 is 52.7. The standard InChI is InChI=1S/C21H15BrF3N3O3/c1-30-13-7-11(8-14(10-13)31-2)18-15-5-6-26-19(15)20(29)28(27-18)17-9-12(22)3-4-16(17)21(23,24)25/h3-10,26H,1-2H3. The highest BCUT2D eigenvalue weighted by atomic mass is 79.9. The average Bonchev–Trinajstić information content (AvgIpc) is 3.23. The Morgan fingerprint density at radius 1 is 1.03 bits per heavy atom. The minimum absolute atomic E-state index is 0.125. The summed E-state index contributed by atoms with van der Waals surface area (Å²) in [6.45, 7) is 0. The Balaban J connectivity index is 2.08. The van der Waals surface area contributed by atoms with Crippen molar-refractivity contribution in [3.05, 3.63) is 69.1 Å². The molecule has 0 saturated carbocycles. The number of ether oxygens (including phenoxy) is 2. The van der Waals surface area contributed by atoms with E-state index in [0.29, 0.717) is 32.6 Å². The molecule has 6 nitrogen and oxygen atoms in total. The third-order valence-corrected chi connectivity index (χ3v) is 5.22. The summed E-state index contributed by atoms with van der Waals surface area (Å²) in [6, 6.07) is 10.0. The van der Waals surface area contributed by atoms with Crippen molar-refractivity contribution in [3.8, 4) is 28.4 Å². The summed E-state index contributed by atoms with van der Waals surface area (Å²) in [5, 5.41) is 4.79. The Labute approximate surface area is 182 Å². The van der Waals surface area contributed by atoms with Gasteiger partial charge in [-0.05, 0) is 36.4 Å². The molecule has 1 N–H and O–H groups in total. The first-order valence-electron chi connectivity index (χ1n) is 8.94. The van der Waals surface area contributed by atoms with Crippen molar-refractivity contribution in [2.45, 2.75) is 6.18 Å². The van der Waals surface area contributed by atoms with Crippen LogP contribution in [0.2, 0.25) is 0 Å². The average molecular weight is 494 g/mol. The number of H-pyrrole nitrogens is 1. The van der Waals surface area contributed by atoms with Crippen molar-refractivity contribution < 1.29 is 22.6 Å². The van der Waals surface area contributed by atoms with Crippen LogP contribution in [0, 0.1) is 0 Å². The molecule has 0 spiro atoms. The zero-order valence-corrected chi connectivity index (χ0v) is 17.8. The predicted molar refractivity (Wildman–Crippen MR) is 113 cm³/mol. The van der Waals surface area contributed by atoms with Gasteiger partial charge in [0.2, 0.25) is 0 Å². The van der Waals surface area contributed by atoms with Gasteiger partial charge < -0.3 is 14.5 Å². The number of alkyl halides is 3. The molecule has 0 aliphatic rings. The van der Waals surface area contributed by atoms with Crippen LogP contribution >= 0.6 is 15.9 Å². The van der Waals surface area contributed by atoms with Gasteiger partial charge in [0.1, 0.15) is 22.7 Å². The highest BCUT2D eigenvalue weighted by Gasteiger charge is 2.35. The Bertz CT molecular complexity index is 1320. The third-order valence-electron chi connectivity index (χ3n) is 4.73. The second-order valence-corrected chi connectivity index (χ2v) is 7.51. The molecule has 0 atom stereocenters. The number of fused-ring (bicyclic) bond motifs is 1. The summed E-state index contributed by atoms with van der Waals surface area (Å²) >= 11 is 3.18. The van der Waals surface area contributed by atoms with E-state index >= 15 is 0 Å². The van der Waals surface area contributed by atoms with Crippen molar-refractivity contribution in [1.82, 2.24) is 14.8 Å². The molecular formula is C21H15BrF3N3O3. The van der Waals surface area contributed by atoms with Gasteiger partial charge >= 0.3 is 6.18 Å². The van der Waals surface area contributed by atoms with Gasteiger partial charge in [-0.1, -0.05) is 15.9 Å². The number of methoxy groups -OCH3 is 2. The molecule has 2 heterocycles. The van der Waals surface area contributed by atoms with Gasteiger partial charge in [0.15, 0.2) is 0 Å². The number of nitrogens with zero attached hydrogens (tertiary/aromatic N) is 2. The van der Waals surface area contributed by atoms with Crippen LogP contribution in [0.3, 0.4) is 0 Å². The minimum atomic E-state index is -4.68. The van der Waals surface area contributed by atoms with E-state index in [4.69, 9.17) is 9.47 Å². The molecule has 0 amide bonds. The van der Waals surface area contributed by atoms with Crippen LogP contribution in [0.25, 0.3) is 27.8 Å². The number of aromatic amines is 1. The van der Waals surface area contributed by atoms with E-state index in [0.717, 1.165) is 10.7 Å². The smallest absolute Gasteiger partial charge is 0.418 e. The Morgan fingerprint density at radius 2 is 1.71 bits per heavy atom. The molecular weight excluding hydrogens is 479 g/mol. The largest absolute Gasteiger partial charge is 0.497 e. The third kappa shape index (κ3) is 3.78. The molecule has 2 aromatic heterocycles. The van der Waals surface area contributed by atoms with Gasteiger partial charge in [0.05, 0.1) is 25.5 Å². The van der Waals surface area contributed by atoms with Gasteiger partial charge in [0, 0.05) is 27.7 Å². The summed E-state index contributed by atoms with van der Waals surface area (Å²) in [5.74, 6) is 0.937. The normalized spacial score (nSPS) is 11.7. The predicted octanol–water partition coefficient (Wildman–Crippen LogP) is 5.18. The number of hydrogen-bond acceptors (Lipinski definition) is 4. The first-order chi connectivity index (χ1) is 14.7. The zero-order valence-electron chi connectivity index (χ0n) is 16.2. The van der Waals surface area contributed by atoms with Crippen LogP contribution in [0.15, 0.2) is 57.9 Å². The lowest BCUT2D eigenvalue weighted by Gasteiger charge is -2.16. The molecule has 0 fully saturated rings. The zero-order chi connectivity index (χ0) is 22.3. The molecule has 2 aromatic carbocycles. The lowest BCUT2D eigenvalue weighted by atomic mass is 10.1. The van der Waals surface area contributed by atoms with E-state index in [1.807, 2.05) is 0 Å². The number of hydrogen-bond donors (Lipinski definition) is 1. The number of nitrogens with one attached hydrogen (secondary N) is 1. The number of benzene rings is 2. The molecule has 160 valence electrons. The van der Waals surface area contributed by atoms with E-state index < -0.39 is 17.3 Å². The molecule has 31 heavy (non-hydrogen) atoms. The molecule has 4 aromatic rings. The fraction of sp³-hybridized carbons (Fsp3) is 0.143. The molecule has 0 saturated heterocycles. The maximum absolute atomic E-state index is 13.7. The number of halogens is 4. The van der Waals surface area contributed by atoms with Crippen molar-refractivity contribution in [2.24, 2.45) is 0 Å². The summed E-state index contributed by atoms with van der Waals surface area (Å²) in [6.07, 6.45) is -3.15. The van der Waals surface area contributed by atoms with E-state index in [1.165, 1.54) is 32.5 Å². The summed E-state index contributed by atoms with van der Waals surface area (Å²) in [5.41, 5.74) is -1.15. The highest BCUT2D eigenvalue weighted by Crippen LogP contribution is 2.36. The van der Waals surface area contributed by atoms with Crippen LogP contribution < -0.4 is 15.0 Å². The first-order valence-corrected chi connectivity index (χ1v) is 9.73. The first kappa shape index (κ1) is 21.0. The molecule has 0 bridgehead atoms. The molecule has 10 heteroatoms. The van der Waals surface area contributed by atoms with Crippen LogP contribution in [0.1, 0.15) is 5.56 Å². The van der Waals surface area contributed by atoms with Gasteiger partial charge in [-0.25, -0.2) is 0 Å². The van der Waals surface area contributed by atoms with E-state index in [-0.39, 0.29) is 11.2 Å². The fourth-order valence-corrected chi connectivity index (χ4v) is 3.64. The maximum Gasteiger partial charge on any atom is 0.418 e. The monoisotopic (exact) mass is 493 g/mol. The summed E-state index contributed by atoms with van der Waals surface area (Å²) in [4.78, 5) is 15.9. The Morgan fingerprint density at radius 3 is 2.32 bits per heavy atom. The SMILES string of the molecule is COc1cc(OC)cc(-c2nn(-c3cc(Br)ccc3C(F)(F)F)c(=O)c3[nH]ccc23)c1. The minimum Gasteiger partial charge on any atom is -0.497 e. The van der Waals surface area contributed by atoms with Gasteiger partial charge in [-0.3, -0.25) is 4.79 Å². The highest BCUT2D eigenvalue weighted by molar-refractivity contribution is 9.10. The van der Waals surface area contributed by atoms with Gasteiger partial charge in [-0.2, -0.15) is 23.0 Å². The van der Waals surface area contributed by atoms with Gasteiger partial charge in [0.25, 0.3) is 5.56 Å². The molecule has 0 aliphatic heterocycles. The summed E-state index contributed by atoms with van der Waals surface area (Å²) in [7, 11) is 2.96. The number of rotatable bonds is 4. The van der Waals surface area contributed by atoms with Crippen LogP contribution in [-0.2, 0) is 6.18 Å². The Kier molecular flexibility index (Phi) is 5.26. The Hall–Kier alpha value is -3.27. The quantitative estimate of drug-likeness (QED) is 0.425. The lowest BCUT2D eigenvalue weighted by Crippen LogP contribution is -2.25. The van der Waals surface area contributed by atoms with Crippen LogP contribution in [0.5, 0.6) is 11.5 Å². The van der Waals surface area contributed by atoms with Crippen molar-refractivity contribution in [3.63, 3.8) is 0 Å². The molecule has 0 unspecified atom stereocenters. The van der Waals surface area contributed by atoms with Crippen LogP contribution in [-0.4, -0.2) is 29.0 Å². The molecule has 4 rings (SSSR count). The lowest BCUT2D eigenvalue weighted by molar-refractivity contribution is -0.137. The van der Waals surface area contributed by atoms with Crippen molar-refractivity contribution in [1.29, 1.82) is 0 Å². The van der Waals surface area contributed by atoms with Crippen LogP contribution in [0.4, 0.5) is 13.2 Å². The molecule has 0 radical (unpaired) electrons. The maximum atomic E-state index is 13.7. The fourth-order valence-electron chi connectivity index (χ4n) is 3.29. The van der Waals surface area contributed by atoms with E-state index in [1.54, 1.807) is 24.3 Å². The second kappa shape index (κ2) is 7.77. The van der Waals surface area contributed by atoms with Gasteiger partial charge in [-0.15, -0.1) is 0 Å². The van der Waals surface area contributed by atoms with Crippen molar-refractivity contribution in [2.75, 3.05) is 14.2 Å². The van der Waals surface area contributed by atoms with E-state index in [9.17, 15) is 18.0 Å².